The first-order valence-corrected chi connectivity index (χ1v) is 7.71. The summed E-state index contributed by atoms with van der Waals surface area (Å²) in [4.78, 5) is 23.6. The van der Waals surface area contributed by atoms with Crippen LogP contribution in [0.15, 0.2) is 48.5 Å². The van der Waals surface area contributed by atoms with Crippen LogP contribution in [0.3, 0.4) is 0 Å². The third-order valence-corrected chi connectivity index (χ3v) is 3.77. The van der Waals surface area contributed by atoms with Crippen molar-refractivity contribution in [1.29, 1.82) is 0 Å². The Bertz CT molecular complexity index is 725. The standard InChI is InChI=1S/C19H21NO4/c1-12(2)17(19(22)23)18(21)20-14-9-10-16(24-3)15(11-14)13-7-5-4-6-8-13/h4-12,17H,1-3H3,(H,20,21)(H,22,23). The first-order chi connectivity index (χ1) is 11.4. The second-order valence-corrected chi connectivity index (χ2v) is 5.83. The van der Waals surface area contributed by atoms with Gasteiger partial charge in [0.2, 0.25) is 5.91 Å². The number of ether oxygens (including phenoxy) is 1. The molecule has 126 valence electrons. The molecule has 0 aromatic heterocycles. The fourth-order valence-electron chi connectivity index (χ4n) is 2.55. The van der Waals surface area contributed by atoms with Gasteiger partial charge >= 0.3 is 5.97 Å². The summed E-state index contributed by atoms with van der Waals surface area (Å²) in [5.41, 5.74) is 2.31. The highest BCUT2D eigenvalue weighted by Crippen LogP contribution is 2.32. The molecule has 2 aromatic rings. The Morgan fingerprint density at radius 3 is 2.29 bits per heavy atom. The van der Waals surface area contributed by atoms with Crippen LogP contribution in [-0.2, 0) is 9.59 Å². The van der Waals surface area contributed by atoms with Gasteiger partial charge in [0.05, 0.1) is 7.11 Å². The number of carboxylic acids is 1. The minimum absolute atomic E-state index is 0.297. The predicted molar refractivity (Wildman–Crippen MR) is 93.0 cm³/mol. The van der Waals surface area contributed by atoms with Gasteiger partial charge in [0.15, 0.2) is 0 Å². The molecule has 0 bridgehead atoms. The molecule has 0 saturated heterocycles. The number of nitrogens with one attached hydrogen (secondary N) is 1. The van der Waals surface area contributed by atoms with Crippen LogP contribution in [-0.4, -0.2) is 24.1 Å². The molecule has 2 rings (SSSR count). The average molecular weight is 327 g/mol. The zero-order valence-electron chi connectivity index (χ0n) is 13.9. The second-order valence-electron chi connectivity index (χ2n) is 5.83. The molecule has 24 heavy (non-hydrogen) atoms. The molecule has 0 aliphatic carbocycles. The van der Waals surface area contributed by atoms with E-state index in [2.05, 4.69) is 5.32 Å². The number of carboxylic acid groups (broad SMARTS) is 1. The highest BCUT2D eigenvalue weighted by Gasteiger charge is 2.29. The van der Waals surface area contributed by atoms with Crippen LogP contribution in [0, 0.1) is 11.8 Å². The lowest BCUT2D eigenvalue weighted by molar-refractivity contribution is -0.147. The third kappa shape index (κ3) is 3.93. The molecular formula is C19H21NO4. The molecule has 1 amide bonds. The van der Waals surface area contributed by atoms with Gasteiger partial charge in [-0.1, -0.05) is 44.2 Å². The number of anilines is 1. The molecule has 0 heterocycles. The van der Waals surface area contributed by atoms with Crippen molar-refractivity contribution in [2.24, 2.45) is 11.8 Å². The van der Waals surface area contributed by atoms with Crippen LogP contribution in [0.2, 0.25) is 0 Å². The van der Waals surface area contributed by atoms with Crippen molar-refractivity contribution in [3.63, 3.8) is 0 Å². The molecule has 0 radical (unpaired) electrons. The Morgan fingerprint density at radius 1 is 1.08 bits per heavy atom. The van der Waals surface area contributed by atoms with Crippen LogP contribution < -0.4 is 10.1 Å². The van der Waals surface area contributed by atoms with E-state index >= 15 is 0 Å². The van der Waals surface area contributed by atoms with E-state index in [0.29, 0.717) is 11.4 Å². The summed E-state index contributed by atoms with van der Waals surface area (Å²) >= 11 is 0. The summed E-state index contributed by atoms with van der Waals surface area (Å²) in [5.74, 6) is -2.36. The molecule has 0 aliphatic rings. The van der Waals surface area contributed by atoms with Crippen LogP contribution in [0.4, 0.5) is 5.69 Å². The van der Waals surface area contributed by atoms with Gasteiger partial charge in [-0.05, 0) is 29.7 Å². The lowest BCUT2D eigenvalue weighted by Crippen LogP contribution is -2.33. The van der Waals surface area contributed by atoms with Gasteiger partial charge in [-0.2, -0.15) is 0 Å². The summed E-state index contributed by atoms with van der Waals surface area (Å²) in [6.07, 6.45) is 0. The van der Waals surface area contributed by atoms with E-state index in [0.717, 1.165) is 11.1 Å². The first-order valence-electron chi connectivity index (χ1n) is 7.71. The number of aliphatic carboxylic acids is 1. The van der Waals surface area contributed by atoms with Gasteiger partial charge in [-0.15, -0.1) is 0 Å². The van der Waals surface area contributed by atoms with Gasteiger partial charge in [-0.25, -0.2) is 0 Å². The molecule has 2 N–H and O–H groups in total. The van der Waals surface area contributed by atoms with E-state index in [4.69, 9.17) is 4.74 Å². The maximum Gasteiger partial charge on any atom is 0.316 e. The fourth-order valence-corrected chi connectivity index (χ4v) is 2.55. The number of rotatable bonds is 6. The largest absolute Gasteiger partial charge is 0.496 e. The quantitative estimate of drug-likeness (QED) is 0.794. The predicted octanol–water partition coefficient (Wildman–Crippen LogP) is 3.66. The molecule has 5 heteroatoms. The lowest BCUT2D eigenvalue weighted by atomic mass is 9.95. The third-order valence-electron chi connectivity index (χ3n) is 3.77. The van der Waals surface area contributed by atoms with E-state index in [-0.39, 0.29) is 5.92 Å². The van der Waals surface area contributed by atoms with Crippen molar-refractivity contribution in [3.05, 3.63) is 48.5 Å². The number of amides is 1. The number of carbonyl (C=O) groups excluding carboxylic acids is 1. The number of methoxy groups -OCH3 is 1. The number of hydrogen-bond acceptors (Lipinski definition) is 3. The molecule has 0 fully saturated rings. The smallest absolute Gasteiger partial charge is 0.316 e. The van der Waals surface area contributed by atoms with E-state index in [1.165, 1.54) is 0 Å². The summed E-state index contributed by atoms with van der Waals surface area (Å²) in [5, 5.41) is 11.9. The maximum atomic E-state index is 12.3. The van der Waals surface area contributed by atoms with Crippen molar-refractivity contribution < 1.29 is 19.4 Å². The normalized spacial score (nSPS) is 11.8. The molecule has 1 unspecified atom stereocenters. The minimum Gasteiger partial charge on any atom is -0.496 e. The zero-order chi connectivity index (χ0) is 17.7. The summed E-state index contributed by atoms with van der Waals surface area (Å²) in [7, 11) is 1.58. The molecule has 0 spiro atoms. The Balaban J connectivity index is 2.32. The average Bonchev–Trinajstić information content (AvgIpc) is 2.54. The molecule has 0 aliphatic heterocycles. The molecule has 2 aromatic carbocycles. The van der Waals surface area contributed by atoms with Crippen LogP contribution in [0.5, 0.6) is 5.75 Å². The number of hydrogen-bond donors (Lipinski definition) is 2. The SMILES string of the molecule is COc1ccc(NC(=O)C(C(=O)O)C(C)C)cc1-c1ccccc1. The van der Waals surface area contributed by atoms with Crippen LogP contribution in [0.1, 0.15) is 13.8 Å². The fraction of sp³-hybridized carbons (Fsp3) is 0.263. The molecular weight excluding hydrogens is 306 g/mol. The topological polar surface area (TPSA) is 75.6 Å². The van der Waals surface area contributed by atoms with Crippen molar-refractivity contribution in [2.75, 3.05) is 12.4 Å². The number of benzene rings is 2. The summed E-state index contributed by atoms with van der Waals surface area (Å²) < 4.78 is 5.38. The van der Waals surface area contributed by atoms with Crippen molar-refractivity contribution in [1.82, 2.24) is 0 Å². The van der Waals surface area contributed by atoms with E-state index in [1.807, 2.05) is 30.3 Å². The molecule has 1 atom stereocenters. The van der Waals surface area contributed by atoms with Crippen LogP contribution >= 0.6 is 0 Å². The van der Waals surface area contributed by atoms with Gasteiger partial charge in [-0.3, -0.25) is 9.59 Å². The molecule has 5 nitrogen and oxygen atoms in total. The monoisotopic (exact) mass is 327 g/mol. The van der Waals surface area contributed by atoms with Gasteiger partial charge < -0.3 is 15.2 Å². The van der Waals surface area contributed by atoms with E-state index < -0.39 is 17.8 Å². The van der Waals surface area contributed by atoms with Gasteiger partial charge in [0.25, 0.3) is 0 Å². The second kappa shape index (κ2) is 7.64. The van der Waals surface area contributed by atoms with Gasteiger partial charge in [0, 0.05) is 11.3 Å². The highest BCUT2D eigenvalue weighted by atomic mass is 16.5. The van der Waals surface area contributed by atoms with Crippen molar-refractivity contribution >= 4 is 17.6 Å². The van der Waals surface area contributed by atoms with Gasteiger partial charge in [0.1, 0.15) is 11.7 Å². The van der Waals surface area contributed by atoms with E-state index in [1.54, 1.807) is 39.2 Å². The highest BCUT2D eigenvalue weighted by molar-refractivity contribution is 6.04. The minimum atomic E-state index is -1.13. The summed E-state index contributed by atoms with van der Waals surface area (Å²) in [6, 6.07) is 14.9. The Morgan fingerprint density at radius 2 is 1.75 bits per heavy atom. The van der Waals surface area contributed by atoms with E-state index in [9.17, 15) is 14.7 Å². The maximum absolute atomic E-state index is 12.3. The Kier molecular flexibility index (Phi) is 5.58. The first kappa shape index (κ1) is 17.5. The number of carbonyl (C=O) groups is 2. The zero-order valence-corrected chi connectivity index (χ0v) is 13.9. The Hall–Kier alpha value is -2.82. The van der Waals surface area contributed by atoms with Crippen molar-refractivity contribution in [3.8, 4) is 16.9 Å². The molecule has 0 saturated carbocycles. The summed E-state index contributed by atoms with van der Waals surface area (Å²) in [6.45, 7) is 3.42. The van der Waals surface area contributed by atoms with Crippen LogP contribution in [0.25, 0.3) is 11.1 Å². The Labute approximate surface area is 141 Å². The lowest BCUT2D eigenvalue weighted by Gasteiger charge is -2.17. The van der Waals surface area contributed by atoms with Crippen molar-refractivity contribution in [2.45, 2.75) is 13.8 Å².